The van der Waals surface area contributed by atoms with E-state index in [1.165, 1.54) is 5.56 Å². The maximum Gasteiger partial charge on any atom is 0.320 e. The molecule has 5 heteroatoms. The van der Waals surface area contributed by atoms with Crippen LogP contribution >= 0.6 is 0 Å². The Hall–Kier alpha value is -3.86. The van der Waals surface area contributed by atoms with E-state index >= 15 is 0 Å². The summed E-state index contributed by atoms with van der Waals surface area (Å²) < 4.78 is 1.67. The molecule has 0 aliphatic carbocycles. The molecule has 2 amide bonds. The van der Waals surface area contributed by atoms with Gasteiger partial charge in [0.25, 0.3) is 0 Å². The van der Waals surface area contributed by atoms with E-state index < -0.39 is 0 Å². The molecule has 0 saturated carbocycles. The molecule has 0 aliphatic rings. The molecule has 2 N–H and O–H groups in total. The smallest absolute Gasteiger partial charge is 0.320 e. The van der Waals surface area contributed by atoms with Crippen molar-refractivity contribution in [3.8, 4) is 22.3 Å². The summed E-state index contributed by atoms with van der Waals surface area (Å²) in [5.41, 5.74) is 5.24. The largest absolute Gasteiger partial charge is 0.334 e. The quantitative estimate of drug-likeness (QED) is 0.506. The molecule has 5 nitrogen and oxygen atoms in total. The van der Waals surface area contributed by atoms with Crippen LogP contribution in [0.4, 0.5) is 10.6 Å². The molecule has 4 aromatic rings. The molecule has 0 saturated heterocycles. The number of carbonyl (C=O) groups is 1. The predicted octanol–water partition coefficient (Wildman–Crippen LogP) is 5.08. The fourth-order valence-corrected chi connectivity index (χ4v) is 3.20. The van der Waals surface area contributed by atoms with Crippen LogP contribution in [0.2, 0.25) is 0 Å². The minimum atomic E-state index is -0.264. The second-order valence-electron chi connectivity index (χ2n) is 6.77. The van der Waals surface area contributed by atoms with Crippen LogP contribution in [0.15, 0.2) is 91.1 Å². The third-order valence-corrected chi connectivity index (χ3v) is 4.77. The monoisotopic (exact) mass is 382 g/mol. The van der Waals surface area contributed by atoms with Gasteiger partial charge in [0.05, 0.1) is 6.20 Å². The van der Waals surface area contributed by atoms with Gasteiger partial charge >= 0.3 is 6.03 Å². The maximum atomic E-state index is 12.4. The zero-order valence-electron chi connectivity index (χ0n) is 16.2. The second kappa shape index (κ2) is 8.44. The van der Waals surface area contributed by atoms with E-state index in [1.807, 2.05) is 67.7 Å². The molecule has 0 radical (unpaired) electrons. The second-order valence-corrected chi connectivity index (χ2v) is 6.77. The highest BCUT2D eigenvalue weighted by Gasteiger charge is 2.13. The number of nitrogens with zero attached hydrogens (tertiary/aromatic N) is 2. The van der Waals surface area contributed by atoms with Gasteiger partial charge in [0.15, 0.2) is 0 Å². The van der Waals surface area contributed by atoms with Crippen molar-refractivity contribution in [1.29, 1.82) is 0 Å². The van der Waals surface area contributed by atoms with Crippen LogP contribution in [0.1, 0.15) is 5.56 Å². The highest BCUT2D eigenvalue weighted by atomic mass is 16.2. The Morgan fingerprint density at radius 1 is 0.828 bits per heavy atom. The van der Waals surface area contributed by atoms with Crippen molar-refractivity contribution in [3.63, 3.8) is 0 Å². The zero-order valence-corrected chi connectivity index (χ0v) is 16.2. The van der Waals surface area contributed by atoms with Gasteiger partial charge in [-0.3, -0.25) is 10.00 Å². The first kappa shape index (κ1) is 18.5. The minimum absolute atomic E-state index is 0.264. The number of carbonyl (C=O) groups excluding carboxylic acids is 1. The summed E-state index contributed by atoms with van der Waals surface area (Å²) in [6.07, 6.45) is 1.77. The van der Waals surface area contributed by atoms with E-state index in [0.29, 0.717) is 12.4 Å². The highest BCUT2D eigenvalue weighted by molar-refractivity contribution is 5.93. The molecule has 0 atom stereocenters. The molecular weight excluding hydrogens is 360 g/mol. The number of aryl methyl sites for hydroxylation is 1. The van der Waals surface area contributed by atoms with Crippen LogP contribution in [-0.4, -0.2) is 15.8 Å². The Kier molecular flexibility index (Phi) is 5.38. The molecule has 1 heterocycles. The fraction of sp³-hybridized carbons (Fsp3) is 0.0833. The third kappa shape index (κ3) is 4.35. The molecule has 0 unspecified atom stereocenters. The van der Waals surface area contributed by atoms with E-state index in [0.717, 1.165) is 22.3 Å². The van der Waals surface area contributed by atoms with Gasteiger partial charge in [-0.15, -0.1) is 0 Å². The number of hydrogen-bond acceptors (Lipinski definition) is 2. The van der Waals surface area contributed by atoms with Crippen molar-refractivity contribution in [1.82, 2.24) is 15.1 Å². The number of amides is 2. The van der Waals surface area contributed by atoms with Crippen LogP contribution in [0, 0.1) is 0 Å². The molecule has 0 bridgehead atoms. The van der Waals surface area contributed by atoms with Gasteiger partial charge in [-0.1, -0.05) is 84.9 Å². The van der Waals surface area contributed by atoms with Gasteiger partial charge in [0.2, 0.25) is 0 Å². The number of aromatic nitrogens is 2. The Bertz CT molecular complexity index is 1090. The van der Waals surface area contributed by atoms with Crippen LogP contribution < -0.4 is 10.6 Å². The maximum absolute atomic E-state index is 12.4. The van der Waals surface area contributed by atoms with Crippen LogP contribution in [-0.2, 0) is 13.6 Å². The van der Waals surface area contributed by atoms with E-state index in [4.69, 9.17) is 0 Å². The lowest BCUT2D eigenvalue weighted by atomic mass is 10.0. The summed E-state index contributed by atoms with van der Waals surface area (Å²) in [7, 11) is 1.81. The van der Waals surface area contributed by atoms with Crippen molar-refractivity contribution < 1.29 is 4.79 Å². The van der Waals surface area contributed by atoms with Crippen molar-refractivity contribution >= 4 is 11.8 Å². The normalized spacial score (nSPS) is 10.5. The Labute approximate surface area is 170 Å². The van der Waals surface area contributed by atoms with Gasteiger partial charge in [-0.2, -0.15) is 5.10 Å². The number of rotatable bonds is 5. The average Bonchev–Trinajstić information content (AvgIpc) is 3.14. The first-order valence-corrected chi connectivity index (χ1v) is 9.47. The van der Waals surface area contributed by atoms with E-state index in [-0.39, 0.29) is 6.03 Å². The van der Waals surface area contributed by atoms with Gasteiger partial charge in [-0.25, -0.2) is 4.79 Å². The van der Waals surface area contributed by atoms with Crippen LogP contribution in [0.5, 0.6) is 0 Å². The molecule has 0 spiro atoms. The summed E-state index contributed by atoms with van der Waals surface area (Å²) in [4.78, 5) is 12.4. The highest BCUT2D eigenvalue weighted by Crippen LogP contribution is 2.29. The van der Waals surface area contributed by atoms with Gasteiger partial charge < -0.3 is 5.32 Å². The van der Waals surface area contributed by atoms with Crippen molar-refractivity contribution in [2.45, 2.75) is 6.54 Å². The molecule has 1 aromatic heterocycles. The minimum Gasteiger partial charge on any atom is -0.334 e. The molecule has 3 aromatic carbocycles. The average molecular weight is 382 g/mol. The van der Waals surface area contributed by atoms with Crippen molar-refractivity contribution in [3.05, 3.63) is 96.7 Å². The molecule has 4 rings (SSSR count). The number of anilines is 1. The number of urea groups is 1. The zero-order chi connectivity index (χ0) is 20.1. The van der Waals surface area contributed by atoms with E-state index in [9.17, 15) is 4.79 Å². The van der Waals surface area contributed by atoms with Crippen LogP contribution in [0.25, 0.3) is 22.3 Å². The van der Waals surface area contributed by atoms with Crippen molar-refractivity contribution in [2.75, 3.05) is 5.32 Å². The van der Waals surface area contributed by atoms with E-state index in [1.54, 1.807) is 10.9 Å². The summed E-state index contributed by atoms with van der Waals surface area (Å²) in [5.74, 6) is 0.656. The molecule has 0 fully saturated rings. The first-order valence-electron chi connectivity index (χ1n) is 9.47. The summed E-state index contributed by atoms with van der Waals surface area (Å²) in [6, 6.07) is 28.0. The lowest BCUT2D eigenvalue weighted by Crippen LogP contribution is -2.29. The topological polar surface area (TPSA) is 59.0 Å². The lowest BCUT2D eigenvalue weighted by molar-refractivity contribution is 0.251. The summed E-state index contributed by atoms with van der Waals surface area (Å²) >= 11 is 0. The van der Waals surface area contributed by atoms with Gasteiger partial charge in [0, 0.05) is 19.2 Å². The predicted molar refractivity (Wildman–Crippen MR) is 116 cm³/mol. The molecule has 29 heavy (non-hydrogen) atoms. The summed E-state index contributed by atoms with van der Waals surface area (Å²) in [5, 5.41) is 10.1. The summed E-state index contributed by atoms with van der Waals surface area (Å²) in [6.45, 7) is 0.464. The lowest BCUT2D eigenvalue weighted by Gasteiger charge is -2.11. The van der Waals surface area contributed by atoms with E-state index in [2.05, 4.69) is 40.0 Å². The Morgan fingerprint density at radius 2 is 1.41 bits per heavy atom. The van der Waals surface area contributed by atoms with Gasteiger partial charge in [-0.05, 0) is 22.3 Å². The van der Waals surface area contributed by atoms with Crippen LogP contribution in [0.3, 0.4) is 0 Å². The Balaban J connectivity index is 1.49. The standard InChI is InChI=1S/C24H22N4O/c1-28-23(27-24(29)25-16-18-8-4-2-5-9-18)22(17-26-28)21-14-12-20(13-15-21)19-10-6-3-7-11-19/h2-15,17H,16H2,1H3,(H2,25,27,29). The third-order valence-electron chi connectivity index (χ3n) is 4.77. The number of benzene rings is 3. The van der Waals surface area contributed by atoms with Gasteiger partial charge in [0.1, 0.15) is 5.82 Å². The molecule has 0 aliphatic heterocycles. The van der Waals surface area contributed by atoms with Crippen molar-refractivity contribution in [2.24, 2.45) is 7.05 Å². The number of hydrogen-bond donors (Lipinski definition) is 2. The SMILES string of the molecule is Cn1ncc(-c2ccc(-c3ccccc3)cc2)c1NC(=O)NCc1ccccc1. The fourth-order valence-electron chi connectivity index (χ4n) is 3.20. The first-order chi connectivity index (χ1) is 14.2. The molecular formula is C24H22N4O. The Morgan fingerprint density at radius 3 is 2.10 bits per heavy atom. The number of nitrogens with one attached hydrogen (secondary N) is 2. The molecule has 144 valence electrons.